The molecule has 178 valence electrons. The van der Waals surface area contributed by atoms with Crippen molar-refractivity contribution >= 4 is 27.3 Å². The summed E-state index contributed by atoms with van der Waals surface area (Å²) >= 11 is 0. The molecule has 2 N–H and O–H groups in total. The molecule has 2 heterocycles. The minimum absolute atomic E-state index is 0.239. The minimum atomic E-state index is -3.81. The number of nitrogens with one attached hydrogen (secondary N) is 2. The van der Waals surface area contributed by atoms with E-state index < -0.39 is 21.7 Å². The Morgan fingerprint density at radius 3 is 2.27 bits per heavy atom. The molecule has 0 aliphatic carbocycles. The molecule has 0 bridgehead atoms. The van der Waals surface area contributed by atoms with Crippen molar-refractivity contribution in [2.45, 2.75) is 37.5 Å². The molecular formula is C25H33N3O4S. The van der Waals surface area contributed by atoms with Gasteiger partial charge in [-0.05, 0) is 61.9 Å². The molecule has 0 atom stereocenters. The van der Waals surface area contributed by atoms with Crippen LogP contribution < -0.4 is 14.9 Å². The van der Waals surface area contributed by atoms with Crippen LogP contribution in [0.15, 0.2) is 54.6 Å². The van der Waals surface area contributed by atoms with Crippen molar-refractivity contribution in [3.8, 4) is 0 Å². The lowest BCUT2D eigenvalue weighted by atomic mass is 9.74. The molecule has 8 heteroatoms. The standard InChI is InChI=1S/C25H33N3O4S/c29-24(26-20-25(13-17-32-18-14-25)21-7-3-1-4-8-21)19-33(30,31)27-22-9-11-23(12-10-22)28-15-5-2-6-16-28/h1,3-4,7-12,27H,2,5-6,13-20H2,(H,26,29). The highest BCUT2D eigenvalue weighted by molar-refractivity contribution is 7.93. The molecule has 2 saturated heterocycles. The van der Waals surface area contributed by atoms with Crippen molar-refractivity contribution in [2.24, 2.45) is 0 Å². The van der Waals surface area contributed by atoms with E-state index in [4.69, 9.17) is 4.74 Å². The molecule has 2 aliphatic rings. The lowest BCUT2D eigenvalue weighted by Gasteiger charge is -2.38. The molecule has 1 amide bonds. The summed E-state index contributed by atoms with van der Waals surface area (Å²) in [7, 11) is -3.81. The van der Waals surface area contributed by atoms with Gasteiger partial charge in [0.15, 0.2) is 0 Å². The van der Waals surface area contributed by atoms with Gasteiger partial charge in [-0.15, -0.1) is 0 Å². The Bertz CT molecular complexity index is 1010. The van der Waals surface area contributed by atoms with Crippen LogP contribution in [0.25, 0.3) is 0 Å². The number of piperidine rings is 1. The van der Waals surface area contributed by atoms with E-state index in [2.05, 4.69) is 27.1 Å². The molecule has 2 aromatic rings. The van der Waals surface area contributed by atoms with Gasteiger partial charge in [-0.2, -0.15) is 0 Å². The summed E-state index contributed by atoms with van der Waals surface area (Å²) < 4.78 is 33.2. The Labute approximate surface area is 196 Å². The molecule has 4 rings (SSSR count). The van der Waals surface area contributed by atoms with Crippen molar-refractivity contribution in [1.29, 1.82) is 0 Å². The fraction of sp³-hybridized carbons (Fsp3) is 0.480. The number of hydrogen-bond donors (Lipinski definition) is 2. The third kappa shape index (κ3) is 6.26. The highest BCUT2D eigenvalue weighted by Gasteiger charge is 2.35. The summed E-state index contributed by atoms with van der Waals surface area (Å²) in [4.78, 5) is 14.9. The second-order valence-corrected chi connectivity index (χ2v) is 10.7. The van der Waals surface area contributed by atoms with Gasteiger partial charge in [-0.25, -0.2) is 8.42 Å². The van der Waals surface area contributed by atoms with E-state index in [0.717, 1.165) is 37.2 Å². The largest absolute Gasteiger partial charge is 0.381 e. The number of ether oxygens (including phenoxy) is 1. The molecule has 2 aliphatic heterocycles. The number of sulfonamides is 1. The zero-order valence-corrected chi connectivity index (χ0v) is 19.8. The maximum Gasteiger partial charge on any atom is 0.241 e. The maximum absolute atomic E-state index is 12.6. The van der Waals surface area contributed by atoms with E-state index in [0.29, 0.717) is 25.4 Å². The van der Waals surface area contributed by atoms with Crippen LogP contribution in [0.1, 0.15) is 37.7 Å². The Balaban J connectivity index is 1.33. The zero-order valence-electron chi connectivity index (χ0n) is 19.0. The lowest BCUT2D eigenvalue weighted by molar-refractivity contribution is -0.119. The third-order valence-corrected chi connectivity index (χ3v) is 7.83. The Kier molecular flexibility index (Phi) is 7.55. The van der Waals surface area contributed by atoms with Crippen LogP contribution in [-0.2, 0) is 25.0 Å². The van der Waals surface area contributed by atoms with Crippen molar-refractivity contribution < 1.29 is 17.9 Å². The Morgan fingerprint density at radius 1 is 0.939 bits per heavy atom. The maximum atomic E-state index is 12.6. The van der Waals surface area contributed by atoms with Crippen LogP contribution >= 0.6 is 0 Å². The van der Waals surface area contributed by atoms with Crippen LogP contribution in [-0.4, -0.2) is 52.9 Å². The van der Waals surface area contributed by atoms with Crippen LogP contribution in [0.4, 0.5) is 11.4 Å². The SMILES string of the molecule is O=C(CS(=O)(=O)Nc1ccc(N2CCCCC2)cc1)NCC1(c2ccccc2)CCOCC1. The zero-order chi connectivity index (χ0) is 23.2. The molecule has 0 unspecified atom stereocenters. The van der Waals surface area contributed by atoms with Gasteiger partial charge in [0, 0.05) is 49.6 Å². The third-order valence-electron chi connectivity index (χ3n) is 6.64. The van der Waals surface area contributed by atoms with Gasteiger partial charge < -0.3 is 15.0 Å². The second kappa shape index (κ2) is 10.6. The number of anilines is 2. The molecule has 0 radical (unpaired) electrons. The smallest absolute Gasteiger partial charge is 0.241 e. The van der Waals surface area contributed by atoms with Crippen LogP contribution in [0.3, 0.4) is 0 Å². The molecular weight excluding hydrogens is 438 g/mol. The first-order valence-electron chi connectivity index (χ1n) is 11.7. The first kappa shape index (κ1) is 23.6. The predicted octanol–water partition coefficient (Wildman–Crippen LogP) is 3.28. The molecule has 0 spiro atoms. The minimum Gasteiger partial charge on any atom is -0.381 e. The second-order valence-electron chi connectivity index (χ2n) is 8.99. The average molecular weight is 472 g/mol. The highest BCUT2D eigenvalue weighted by atomic mass is 32.2. The van der Waals surface area contributed by atoms with E-state index in [9.17, 15) is 13.2 Å². The fourth-order valence-corrected chi connectivity index (χ4v) is 5.74. The van der Waals surface area contributed by atoms with Gasteiger partial charge in [-0.3, -0.25) is 9.52 Å². The Hall–Kier alpha value is -2.58. The van der Waals surface area contributed by atoms with E-state index in [1.807, 2.05) is 30.3 Å². The Morgan fingerprint density at radius 2 is 1.61 bits per heavy atom. The molecule has 2 aromatic carbocycles. The van der Waals surface area contributed by atoms with Crippen molar-refractivity contribution in [2.75, 3.05) is 48.2 Å². The summed E-state index contributed by atoms with van der Waals surface area (Å²) in [5.41, 5.74) is 2.46. The normalized spacial score (nSPS) is 18.5. The summed E-state index contributed by atoms with van der Waals surface area (Å²) in [6, 6.07) is 17.4. The van der Waals surface area contributed by atoms with E-state index in [1.54, 1.807) is 12.1 Å². The number of nitrogens with zero attached hydrogens (tertiary/aromatic N) is 1. The summed E-state index contributed by atoms with van der Waals surface area (Å²) in [6.45, 7) is 3.69. The number of carbonyl (C=O) groups is 1. The number of hydrogen-bond acceptors (Lipinski definition) is 5. The van der Waals surface area contributed by atoms with Gasteiger partial charge in [0.1, 0.15) is 5.75 Å². The van der Waals surface area contributed by atoms with E-state index in [1.165, 1.54) is 19.3 Å². The monoisotopic (exact) mass is 471 g/mol. The fourth-order valence-electron chi connectivity index (χ4n) is 4.72. The quantitative estimate of drug-likeness (QED) is 0.617. The number of amides is 1. The van der Waals surface area contributed by atoms with Crippen molar-refractivity contribution in [1.82, 2.24) is 5.32 Å². The lowest BCUT2D eigenvalue weighted by Crippen LogP contribution is -2.46. The summed E-state index contributed by atoms with van der Waals surface area (Å²) in [6.07, 6.45) is 5.19. The number of rotatable bonds is 8. The molecule has 33 heavy (non-hydrogen) atoms. The van der Waals surface area contributed by atoms with Gasteiger partial charge in [-0.1, -0.05) is 30.3 Å². The first-order valence-corrected chi connectivity index (χ1v) is 13.4. The molecule has 0 saturated carbocycles. The van der Waals surface area contributed by atoms with E-state index >= 15 is 0 Å². The van der Waals surface area contributed by atoms with Crippen LogP contribution in [0.5, 0.6) is 0 Å². The molecule has 0 aromatic heterocycles. The van der Waals surface area contributed by atoms with E-state index in [-0.39, 0.29) is 5.41 Å². The van der Waals surface area contributed by atoms with Gasteiger partial charge in [0.25, 0.3) is 0 Å². The number of carbonyl (C=O) groups excluding carboxylic acids is 1. The van der Waals surface area contributed by atoms with Crippen molar-refractivity contribution in [3.63, 3.8) is 0 Å². The highest BCUT2D eigenvalue weighted by Crippen LogP contribution is 2.34. The summed E-state index contributed by atoms with van der Waals surface area (Å²) in [5, 5.41) is 2.87. The van der Waals surface area contributed by atoms with Crippen molar-refractivity contribution in [3.05, 3.63) is 60.2 Å². The number of benzene rings is 2. The van der Waals surface area contributed by atoms with Gasteiger partial charge >= 0.3 is 0 Å². The van der Waals surface area contributed by atoms with Crippen LogP contribution in [0, 0.1) is 0 Å². The van der Waals surface area contributed by atoms with Gasteiger partial charge in [0.2, 0.25) is 15.9 Å². The topological polar surface area (TPSA) is 87.7 Å². The van der Waals surface area contributed by atoms with Gasteiger partial charge in [0.05, 0.1) is 0 Å². The first-order chi connectivity index (χ1) is 16.0. The average Bonchev–Trinajstić information content (AvgIpc) is 2.84. The van der Waals surface area contributed by atoms with Crippen LogP contribution in [0.2, 0.25) is 0 Å². The predicted molar refractivity (Wildman–Crippen MR) is 131 cm³/mol. The molecule has 7 nitrogen and oxygen atoms in total. The molecule has 2 fully saturated rings. The summed E-state index contributed by atoms with van der Waals surface area (Å²) in [5.74, 6) is -1.11.